The Morgan fingerprint density at radius 2 is 1.66 bits per heavy atom. The third kappa shape index (κ3) is 4.39. The average Bonchev–Trinajstić information content (AvgIpc) is 2.82. The van der Waals surface area contributed by atoms with E-state index >= 15 is 0 Å². The van der Waals surface area contributed by atoms with Crippen molar-refractivity contribution in [1.29, 1.82) is 0 Å². The monoisotopic (exact) mass is 432 g/mol. The van der Waals surface area contributed by atoms with Gasteiger partial charge in [0, 0.05) is 29.8 Å². The number of benzene rings is 3. The van der Waals surface area contributed by atoms with Crippen molar-refractivity contribution in [3.05, 3.63) is 88.6 Å². The lowest BCUT2D eigenvalue weighted by Gasteiger charge is -2.14. The molecule has 0 aliphatic carbocycles. The van der Waals surface area contributed by atoms with Crippen molar-refractivity contribution in [3.63, 3.8) is 0 Å². The van der Waals surface area contributed by atoms with Crippen LogP contribution in [0, 0.1) is 10.1 Å². The van der Waals surface area contributed by atoms with Crippen LogP contribution in [0.25, 0.3) is 10.9 Å². The smallest absolute Gasteiger partial charge is 0.311 e. The van der Waals surface area contributed by atoms with Crippen molar-refractivity contribution in [1.82, 2.24) is 4.98 Å². The molecule has 0 fully saturated rings. The van der Waals surface area contributed by atoms with E-state index in [4.69, 9.17) is 18.9 Å². The van der Waals surface area contributed by atoms with Gasteiger partial charge in [-0.1, -0.05) is 30.3 Å². The van der Waals surface area contributed by atoms with Crippen LogP contribution in [-0.4, -0.2) is 24.1 Å². The predicted octanol–water partition coefficient (Wildman–Crippen LogP) is 5.53. The summed E-state index contributed by atoms with van der Waals surface area (Å²) in [5.74, 6) is 2.11. The molecule has 0 N–H and O–H groups in total. The van der Waals surface area contributed by atoms with E-state index in [0.29, 0.717) is 40.5 Å². The van der Waals surface area contributed by atoms with E-state index in [1.165, 1.54) is 25.3 Å². The highest BCUT2D eigenvalue weighted by Crippen LogP contribution is 2.39. The van der Waals surface area contributed by atoms with Gasteiger partial charge in [-0.15, -0.1) is 0 Å². The molecule has 0 unspecified atom stereocenters. The van der Waals surface area contributed by atoms with Gasteiger partial charge in [-0.25, -0.2) is 0 Å². The molecule has 0 radical (unpaired) electrons. The molecule has 3 aromatic carbocycles. The van der Waals surface area contributed by atoms with Gasteiger partial charge in [-0.2, -0.15) is 0 Å². The van der Waals surface area contributed by atoms with Crippen LogP contribution in [-0.2, 0) is 6.61 Å². The Morgan fingerprint density at radius 1 is 0.875 bits per heavy atom. The second-order valence-corrected chi connectivity index (χ2v) is 6.80. The minimum absolute atomic E-state index is 0.111. The Morgan fingerprint density at radius 3 is 2.38 bits per heavy atom. The Balaban J connectivity index is 1.68. The maximum Gasteiger partial charge on any atom is 0.311 e. The molecule has 0 bridgehead atoms. The molecule has 0 aliphatic rings. The maximum atomic E-state index is 11.1. The molecule has 0 amide bonds. The SMILES string of the molecule is COc1cc2nccc(Oc3ccc([N+](=O)[O-])c(OC)c3)c2cc1OCc1ccccc1. The van der Waals surface area contributed by atoms with E-state index in [1.807, 2.05) is 36.4 Å². The Kier molecular flexibility index (Phi) is 6.03. The molecule has 0 spiro atoms. The van der Waals surface area contributed by atoms with Crippen molar-refractivity contribution in [2.45, 2.75) is 6.61 Å². The number of aromatic nitrogens is 1. The molecule has 8 nitrogen and oxygen atoms in total. The lowest BCUT2D eigenvalue weighted by Crippen LogP contribution is -1.98. The number of fused-ring (bicyclic) bond motifs is 1. The van der Waals surface area contributed by atoms with Gasteiger partial charge < -0.3 is 18.9 Å². The fourth-order valence-corrected chi connectivity index (χ4v) is 3.22. The zero-order valence-electron chi connectivity index (χ0n) is 17.5. The topological polar surface area (TPSA) is 93.0 Å². The summed E-state index contributed by atoms with van der Waals surface area (Å²) in [5.41, 5.74) is 1.54. The first kappa shape index (κ1) is 20.9. The number of ether oxygens (including phenoxy) is 4. The number of nitro benzene ring substituents is 1. The van der Waals surface area contributed by atoms with Crippen LogP contribution in [0.15, 0.2) is 72.9 Å². The van der Waals surface area contributed by atoms with Crippen LogP contribution in [0.1, 0.15) is 5.56 Å². The highest BCUT2D eigenvalue weighted by molar-refractivity contribution is 5.88. The van der Waals surface area contributed by atoms with Crippen LogP contribution in [0.3, 0.4) is 0 Å². The summed E-state index contributed by atoms with van der Waals surface area (Å²) in [6, 6.07) is 19.4. The molecule has 0 saturated heterocycles. The largest absolute Gasteiger partial charge is 0.493 e. The van der Waals surface area contributed by atoms with Crippen LogP contribution >= 0.6 is 0 Å². The summed E-state index contributed by atoms with van der Waals surface area (Å²) in [6.45, 7) is 0.374. The van der Waals surface area contributed by atoms with E-state index in [1.54, 1.807) is 25.4 Å². The maximum absolute atomic E-state index is 11.1. The predicted molar refractivity (Wildman–Crippen MR) is 119 cm³/mol. The highest BCUT2D eigenvalue weighted by Gasteiger charge is 2.17. The molecule has 0 saturated carbocycles. The van der Waals surface area contributed by atoms with E-state index in [9.17, 15) is 10.1 Å². The zero-order chi connectivity index (χ0) is 22.5. The van der Waals surface area contributed by atoms with E-state index < -0.39 is 4.92 Å². The molecule has 32 heavy (non-hydrogen) atoms. The molecule has 1 aromatic heterocycles. The Bertz CT molecular complexity index is 1260. The standard InChI is InChI=1S/C24H20N2O6/c1-29-22-12-17(8-9-20(22)26(27)28)32-21-10-11-25-19-14-23(30-2)24(13-18(19)21)31-15-16-6-4-3-5-7-16/h3-14H,15H2,1-2H3. The highest BCUT2D eigenvalue weighted by atomic mass is 16.6. The van der Waals surface area contributed by atoms with Crippen molar-refractivity contribution < 1.29 is 23.9 Å². The molecule has 0 atom stereocenters. The molecule has 0 aliphatic heterocycles. The lowest BCUT2D eigenvalue weighted by atomic mass is 10.1. The van der Waals surface area contributed by atoms with Gasteiger partial charge in [0.2, 0.25) is 5.75 Å². The minimum Gasteiger partial charge on any atom is -0.493 e. The number of pyridine rings is 1. The first-order valence-electron chi connectivity index (χ1n) is 9.73. The molecular weight excluding hydrogens is 412 g/mol. The van der Waals surface area contributed by atoms with Gasteiger partial charge in [0.05, 0.1) is 24.7 Å². The first-order chi connectivity index (χ1) is 15.6. The van der Waals surface area contributed by atoms with Gasteiger partial charge in [-0.05, 0) is 23.8 Å². The van der Waals surface area contributed by atoms with Crippen molar-refractivity contribution in [3.8, 4) is 28.7 Å². The second-order valence-electron chi connectivity index (χ2n) is 6.80. The Hall–Kier alpha value is -4.33. The number of rotatable bonds is 8. The van der Waals surface area contributed by atoms with E-state index in [2.05, 4.69) is 4.98 Å². The summed E-state index contributed by atoms with van der Waals surface area (Å²) in [6.07, 6.45) is 1.62. The number of hydrogen-bond acceptors (Lipinski definition) is 7. The number of methoxy groups -OCH3 is 2. The van der Waals surface area contributed by atoms with Crippen molar-refractivity contribution >= 4 is 16.6 Å². The minimum atomic E-state index is -0.507. The molecule has 162 valence electrons. The zero-order valence-corrected chi connectivity index (χ0v) is 17.5. The number of hydrogen-bond donors (Lipinski definition) is 0. The van der Waals surface area contributed by atoms with Gasteiger partial charge in [0.15, 0.2) is 11.5 Å². The summed E-state index contributed by atoms with van der Waals surface area (Å²) in [5, 5.41) is 11.8. The van der Waals surface area contributed by atoms with Gasteiger partial charge in [-0.3, -0.25) is 15.1 Å². The molecule has 1 heterocycles. The van der Waals surface area contributed by atoms with Crippen LogP contribution < -0.4 is 18.9 Å². The quantitative estimate of drug-likeness (QED) is 0.267. The molecule has 4 rings (SSSR count). The third-order valence-electron chi connectivity index (χ3n) is 4.80. The van der Waals surface area contributed by atoms with Crippen LogP contribution in [0.2, 0.25) is 0 Å². The van der Waals surface area contributed by atoms with Gasteiger partial charge in [0.25, 0.3) is 0 Å². The lowest BCUT2D eigenvalue weighted by molar-refractivity contribution is -0.385. The van der Waals surface area contributed by atoms with Crippen molar-refractivity contribution in [2.24, 2.45) is 0 Å². The Labute approximate surface area is 184 Å². The fraction of sp³-hybridized carbons (Fsp3) is 0.125. The molecule has 4 aromatic rings. The van der Waals surface area contributed by atoms with Crippen LogP contribution in [0.4, 0.5) is 5.69 Å². The van der Waals surface area contributed by atoms with E-state index in [-0.39, 0.29) is 11.4 Å². The van der Waals surface area contributed by atoms with Crippen LogP contribution in [0.5, 0.6) is 28.7 Å². The van der Waals surface area contributed by atoms with E-state index in [0.717, 1.165) is 5.56 Å². The fourth-order valence-electron chi connectivity index (χ4n) is 3.22. The summed E-state index contributed by atoms with van der Waals surface area (Å²) < 4.78 is 22.6. The summed E-state index contributed by atoms with van der Waals surface area (Å²) in [7, 11) is 2.94. The molecule has 8 heteroatoms. The van der Waals surface area contributed by atoms with Crippen molar-refractivity contribution in [2.75, 3.05) is 14.2 Å². The molecular formula is C24H20N2O6. The summed E-state index contributed by atoms with van der Waals surface area (Å²) in [4.78, 5) is 15.0. The number of nitro groups is 1. The second kappa shape index (κ2) is 9.22. The van der Waals surface area contributed by atoms with Gasteiger partial charge >= 0.3 is 5.69 Å². The summed E-state index contributed by atoms with van der Waals surface area (Å²) >= 11 is 0. The number of nitrogens with zero attached hydrogens (tertiary/aromatic N) is 2. The average molecular weight is 432 g/mol. The third-order valence-corrected chi connectivity index (χ3v) is 4.80. The first-order valence-corrected chi connectivity index (χ1v) is 9.73. The normalized spacial score (nSPS) is 10.6. The van der Waals surface area contributed by atoms with Gasteiger partial charge in [0.1, 0.15) is 18.1 Å².